The number of hydrogen-bond acceptors (Lipinski definition) is 4. The summed E-state index contributed by atoms with van der Waals surface area (Å²) in [7, 11) is 1.68. The first-order chi connectivity index (χ1) is 13.6. The summed E-state index contributed by atoms with van der Waals surface area (Å²) >= 11 is 0. The zero-order chi connectivity index (χ0) is 19.5. The number of rotatable bonds is 8. The molecule has 0 amide bonds. The van der Waals surface area contributed by atoms with Gasteiger partial charge in [-0.1, -0.05) is 0 Å². The highest BCUT2D eigenvalue weighted by Gasteiger charge is 2.35. The minimum atomic E-state index is -0.621. The summed E-state index contributed by atoms with van der Waals surface area (Å²) in [6.45, 7) is 2.88. The molecule has 1 aromatic heterocycles. The maximum absolute atomic E-state index is 11.8. The second-order valence-electron chi connectivity index (χ2n) is 8.44. The van der Waals surface area contributed by atoms with Gasteiger partial charge >= 0.3 is 5.97 Å². The van der Waals surface area contributed by atoms with Crippen LogP contribution in [0.3, 0.4) is 0 Å². The Morgan fingerprint density at radius 3 is 2.89 bits per heavy atom. The van der Waals surface area contributed by atoms with Crippen molar-refractivity contribution >= 4 is 16.9 Å². The van der Waals surface area contributed by atoms with Crippen LogP contribution in [0.15, 0.2) is 30.5 Å². The third kappa shape index (κ3) is 4.46. The average molecular weight is 383 g/mol. The van der Waals surface area contributed by atoms with Crippen LogP contribution in [0.25, 0.3) is 10.9 Å². The predicted octanol–water partition coefficient (Wildman–Crippen LogP) is 4.00. The molecule has 0 spiro atoms. The monoisotopic (exact) mass is 382 g/mol. The lowest BCUT2D eigenvalue weighted by atomic mass is 9.81. The molecule has 2 atom stereocenters. The lowest BCUT2D eigenvalue weighted by Crippen LogP contribution is -2.44. The number of carboxylic acid groups (broad SMARTS) is 1. The highest BCUT2D eigenvalue weighted by Crippen LogP contribution is 2.34. The maximum Gasteiger partial charge on any atom is 0.308 e. The van der Waals surface area contributed by atoms with E-state index in [1.807, 2.05) is 24.4 Å². The van der Waals surface area contributed by atoms with Crippen molar-refractivity contribution in [2.24, 2.45) is 17.8 Å². The average Bonchev–Trinajstić information content (AvgIpc) is 3.52. The molecule has 28 heavy (non-hydrogen) atoms. The first kappa shape index (κ1) is 19.2. The minimum Gasteiger partial charge on any atom is -0.497 e. The fraction of sp³-hybridized carbons (Fsp3) is 0.565. The van der Waals surface area contributed by atoms with Gasteiger partial charge in [-0.25, -0.2) is 0 Å². The lowest BCUT2D eigenvalue weighted by Gasteiger charge is -2.36. The maximum atomic E-state index is 11.8. The second kappa shape index (κ2) is 8.48. The molecule has 0 radical (unpaired) electrons. The van der Waals surface area contributed by atoms with E-state index < -0.39 is 5.97 Å². The number of hydrogen-bond donors (Lipinski definition) is 1. The number of nitrogens with zero attached hydrogens (tertiary/aromatic N) is 2. The standard InChI is InChI=1S/C23H30N2O3/c1-28-19-7-8-22-20(13-19)17(9-11-24-22)3-2-4-18-10-12-25(14-16-5-6-16)15-21(18)23(26)27/h7-9,11,13,16,18,21H,2-6,10,12,14-15H2,1H3,(H,26,27)/t18-,21+/m1/s1. The molecule has 0 bridgehead atoms. The minimum absolute atomic E-state index is 0.221. The van der Waals surface area contributed by atoms with E-state index in [9.17, 15) is 9.90 Å². The van der Waals surface area contributed by atoms with Gasteiger partial charge in [0.15, 0.2) is 0 Å². The van der Waals surface area contributed by atoms with Gasteiger partial charge in [-0.3, -0.25) is 9.78 Å². The van der Waals surface area contributed by atoms with Gasteiger partial charge in [0.05, 0.1) is 18.5 Å². The first-order valence-corrected chi connectivity index (χ1v) is 10.5. The van der Waals surface area contributed by atoms with E-state index in [4.69, 9.17) is 4.74 Å². The van der Waals surface area contributed by atoms with Crippen LogP contribution in [0.5, 0.6) is 5.75 Å². The number of carboxylic acids is 1. The molecular formula is C23H30N2O3. The molecule has 1 N–H and O–H groups in total. The van der Waals surface area contributed by atoms with Gasteiger partial charge in [-0.15, -0.1) is 0 Å². The van der Waals surface area contributed by atoms with Crippen molar-refractivity contribution in [2.75, 3.05) is 26.7 Å². The highest BCUT2D eigenvalue weighted by atomic mass is 16.5. The second-order valence-corrected chi connectivity index (χ2v) is 8.44. The Bertz CT molecular complexity index is 834. The summed E-state index contributed by atoms with van der Waals surface area (Å²) in [5.41, 5.74) is 2.25. The SMILES string of the molecule is COc1ccc2nccc(CCC[C@@H]3CCN(CC4CC4)C[C@@H]3C(=O)O)c2c1. The van der Waals surface area contributed by atoms with Crippen molar-refractivity contribution in [1.82, 2.24) is 9.88 Å². The molecular weight excluding hydrogens is 352 g/mol. The molecule has 2 aromatic rings. The van der Waals surface area contributed by atoms with Crippen LogP contribution in [-0.2, 0) is 11.2 Å². The molecule has 2 heterocycles. The first-order valence-electron chi connectivity index (χ1n) is 10.5. The Labute approximate surface area is 166 Å². The quantitative estimate of drug-likeness (QED) is 0.748. The molecule has 5 heteroatoms. The Morgan fingerprint density at radius 2 is 2.14 bits per heavy atom. The number of benzene rings is 1. The summed E-state index contributed by atoms with van der Waals surface area (Å²) in [5.74, 6) is 1.11. The molecule has 1 saturated carbocycles. The predicted molar refractivity (Wildman–Crippen MR) is 110 cm³/mol. The van der Waals surface area contributed by atoms with E-state index in [1.165, 1.54) is 18.4 Å². The fourth-order valence-electron chi connectivity index (χ4n) is 4.61. The van der Waals surface area contributed by atoms with E-state index in [0.717, 1.165) is 67.9 Å². The Kier molecular flexibility index (Phi) is 5.81. The van der Waals surface area contributed by atoms with E-state index >= 15 is 0 Å². The fourth-order valence-corrected chi connectivity index (χ4v) is 4.61. The van der Waals surface area contributed by atoms with E-state index in [-0.39, 0.29) is 11.8 Å². The number of piperidine rings is 1. The van der Waals surface area contributed by atoms with Crippen LogP contribution in [-0.4, -0.2) is 47.7 Å². The topological polar surface area (TPSA) is 62.7 Å². The van der Waals surface area contributed by atoms with Crippen LogP contribution in [0, 0.1) is 17.8 Å². The molecule has 4 rings (SSSR count). The Balaban J connectivity index is 1.37. The van der Waals surface area contributed by atoms with Crippen molar-refractivity contribution < 1.29 is 14.6 Å². The van der Waals surface area contributed by atoms with Crippen molar-refractivity contribution in [2.45, 2.75) is 38.5 Å². The third-order valence-corrected chi connectivity index (χ3v) is 6.43. The molecule has 150 valence electrons. The number of aliphatic carboxylic acids is 1. The summed E-state index contributed by atoms with van der Waals surface area (Å²) in [4.78, 5) is 18.7. The van der Waals surface area contributed by atoms with Crippen molar-refractivity contribution in [3.05, 3.63) is 36.0 Å². The number of pyridine rings is 1. The Morgan fingerprint density at radius 1 is 1.29 bits per heavy atom. The van der Waals surface area contributed by atoms with Gasteiger partial charge < -0.3 is 14.7 Å². The van der Waals surface area contributed by atoms with E-state index in [2.05, 4.69) is 16.0 Å². The molecule has 0 unspecified atom stereocenters. The number of ether oxygens (including phenoxy) is 1. The lowest BCUT2D eigenvalue weighted by molar-refractivity contribution is -0.146. The van der Waals surface area contributed by atoms with Crippen LogP contribution < -0.4 is 4.74 Å². The van der Waals surface area contributed by atoms with Crippen molar-refractivity contribution in [3.8, 4) is 5.75 Å². The molecule has 1 aliphatic heterocycles. The third-order valence-electron chi connectivity index (χ3n) is 6.43. The molecule has 1 aliphatic carbocycles. The van der Waals surface area contributed by atoms with Crippen molar-refractivity contribution in [3.63, 3.8) is 0 Å². The number of aromatic nitrogens is 1. The highest BCUT2D eigenvalue weighted by molar-refractivity contribution is 5.83. The summed E-state index contributed by atoms with van der Waals surface area (Å²) in [6, 6.07) is 8.06. The van der Waals surface area contributed by atoms with Crippen LogP contribution >= 0.6 is 0 Å². The number of methoxy groups -OCH3 is 1. The zero-order valence-corrected chi connectivity index (χ0v) is 16.6. The molecule has 2 aliphatic rings. The zero-order valence-electron chi connectivity index (χ0n) is 16.6. The summed E-state index contributed by atoms with van der Waals surface area (Å²) in [5, 5.41) is 10.9. The Hall–Kier alpha value is -2.14. The van der Waals surface area contributed by atoms with E-state index in [0.29, 0.717) is 0 Å². The number of aryl methyl sites for hydroxylation is 1. The summed E-state index contributed by atoms with van der Waals surface area (Å²) in [6.07, 6.45) is 8.44. The van der Waals surface area contributed by atoms with Gasteiger partial charge in [-0.2, -0.15) is 0 Å². The van der Waals surface area contributed by atoms with Crippen LogP contribution in [0.1, 0.15) is 37.7 Å². The largest absolute Gasteiger partial charge is 0.497 e. The molecule has 1 saturated heterocycles. The van der Waals surface area contributed by atoms with Crippen LogP contribution in [0.2, 0.25) is 0 Å². The summed E-state index contributed by atoms with van der Waals surface area (Å²) < 4.78 is 5.36. The van der Waals surface area contributed by atoms with Gasteiger partial charge in [0.1, 0.15) is 5.75 Å². The normalized spacial score (nSPS) is 23.0. The molecule has 5 nitrogen and oxygen atoms in total. The van der Waals surface area contributed by atoms with Gasteiger partial charge in [-0.05, 0) is 86.7 Å². The number of fused-ring (bicyclic) bond motifs is 1. The van der Waals surface area contributed by atoms with Crippen molar-refractivity contribution in [1.29, 1.82) is 0 Å². The molecule has 1 aromatic carbocycles. The number of likely N-dealkylation sites (tertiary alicyclic amines) is 1. The smallest absolute Gasteiger partial charge is 0.308 e. The molecule has 2 fully saturated rings. The number of carbonyl (C=O) groups is 1. The van der Waals surface area contributed by atoms with E-state index in [1.54, 1.807) is 7.11 Å². The van der Waals surface area contributed by atoms with Crippen LogP contribution in [0.4, 0.5) is 0 Å². The van der Waals surface area contributed by atoms with Gasteiger partial charge in [0, 0.05) is 24.7 Å². The van der Waals surface area contributed by atoms with Gasteiger partial charge in [0.25, 0.3) is 0 Å². The van der Waals surface area contributed by atoms with Gasteiger partial charge in [0.2, 0.25) is 0 Å².